The molecule has 0 saturated carbocycles. The summed E-state index contributed by atoms with van der Waals surface area (Å²) in [5.74, 6) is -1.18. The van der Waals surface area contributed by atoms with Crippen LogP contribution in [-0.2, 0) is 4.79 Å². The molecule has 1 aliphatic carbocycles. The number of carboxylic acid groups (broad SMARTS) is 1. The van der Waals surface area contributed by atoms with Crippen LogP contribution < -0.4 is 10.5 Å². The van der Waals surface area contributed by atoms with Gasteiger partial charge in [0.2, 0.25) is 11.8 Å². The number of allylic oxidation sites excluding steroid dienone is 2. The number of ether oxygens (including phenoxy) is 1. The Morgan fingerprint density at radius 2 is 2.05 bits per heavy atom. The van der Waals surface area contributed by atoms with Crippen LogP contribution in [0, 0.1) is 12.8 Å². The van der Waals surface area contributed by atoms with E-state index in [-0.39, 0.29) is 46.1 Å². The molecule has 9 nitrogen and oxygen atoms in total. The van der Waals surface area contributed by atoms with Gasteiger partial charge in [-0.3, -0.25) is 9.20 Å². The van der Waals surface area contributed by atoms with Crippen molar-refractivity contribution in [2.45, 2.75) is 50.9 Å². The van der Waals surface area contributed by atoms with Gasteiger partial charge in [-0.15, -0.1) is 12.4 Å². The first-order valence-electron chi connectivity index (χ1n) is 12.6. The second kappa shape index (κ2) is 12.1. The van der Waals surface area contributed by atoms with Crippen LogP contribution in [0.4, 0.5) is 13.2 Å². The lowest BCUT2D eigenvalue weighted by atomic mass is 9.84. The molecule has 0 saturated heterocycles. The van der Waals surface area contributed by atoms with E-state index in [1.165, 1.54) is 29.1 Å². The van der Waals surface area contributed by atoms with Gasteiger partial charge in [0.25, 0.3) is 5.88 Å². The van der Waals surface area contributed by atoms with E-state index in [0.29, 0.717) is 30.7 Å². The quantitative estimate of drug-likeness (QED) is 0.252. The Kier molecular flexibility index (Phi) is 8.95. The number of nitrogens with zero attached hydrogens (tertiary/aromatic N) is 5. The van der Waals surface area contributed by atoms with Crippen LogP contribution in [0.3, 0.4) is 0 Å². The minimum Gasteiger partial charge on any atom is -0.480 e. The summed E-state index contributed by atoms with van der Waals surface area (Å²) in [7, 11) is 0. The number of imidazole rings is 1. The average molecular weight is 611 g/mol. The van der Waals surface area contributed by atoms with Crippen molar-refractivity contribution in [3.05, 3.63) is 77.1 Å². The maximum atomic E-state index is 14.5. The van der Waals surface area contributed by atoms with Gasteiger partial charge in [-0.25, -0.2) is 14.6 Å². The zero-order chi connectivity index (χ0) is 28.6. The lowest BCUT2D eigenvalue weighted by molar-refractivity contribution is -0.198. The van der Waals surface area contributed by atoms with E-state index >= 15 is 0 Å². The Balaban J connectivity index is 0.00000387. The maximum Gasteiger partial charge on any atom is 0.429 e. The van der Waals surface area contributed by atoms with Gasteiger partial charge >= 0.3 is 12.1 Å². The Morgan fingerprint density at radius 1 is 1.27 bits per heavy atom. The molecule has 0 amide bonds. The summed E-state index contributed by atoms with van der Waals surface area (Å²) in [6, 6.07) is 4.79. The molecular weight excluding hydrogens is 584 g/mol. The highest BCUT2D eigenvalue weighted by Gasteiger charge is 2.45. The number of alkyl halides is 3. The first-order valence-corrected chi connectivity index (χ1v) is 12.9. The lowest BCUT2D eigenvalue weighted by Crippen LogP contribution is -2.32. The number of aryl methyl sites for hydroxylation is 1. The van der Waals surface area contributed by atoms with Crippen LogP contribution in [0.15, 0.2) is 55.1 Å². The summed E-state index contributed by atoms with van der Waals surface area (Å²) in [4.78, 5) is 19.5. The molecule has 4 aromatic rings. The molecule has 0 radical (unpaired) electrons. The summed E-state index contributed by atoms with van der Waals surface area (Å²) in [6.07, 6.45) is 3.30. The summed E-state index contributed by atoms with van der Waals surface area (Å²) < 4.78 is 52.0. The molecule has 218 valence electrons. The Labute approximate surface area is 244 Å². The zero-order valence-corrected chi connectivity index (χ0v) is 23.3. The number of carbonyl (C=O) groups is 1. The van der Waals surface area contributed by atoms with Crippen LogP contribution >= 0.6 is 24.0 Å². The Bertz CT molecular complexity index is 1590. The minimum atomic E-state index is -4.80. The summed E-state index contributed by atoms with van der Waals surface area (Å²) in [6.45, 7) is 1.73. The van der Waals surface area contributed by atoms with Gasteiger partial charge in [0.05, 0.1) is 23.3 Å². The SMILES string of the molecule is Cc1ccn(-c2cc(Cl)ccc2[C@@H](Oc2nccn3c(C4=CCC(C[C@H](N)C(=O)O)CC4)cnc23)C(F)(F)F)n1.Cl. The molecule has 0 spiro atoms. The number of rotatable bonds is 8. The van der Waals surface area contributed by atoms with E-state index in [1.807, 2.05) is 6.08 Å². The first kappa shape index (κ1) is 30.4. The number of carboxylic acids is 1. The Morgan fingerprint density at radius 3 is 2.68 bits per heavy atom. The number of aliphatic carboxylic acids is 1. The van der Waals surface area contributed by atoms with Crippen molar-refractivity contribution in [2.75, 3.05) is 0 Å². The number of halogens is 5. The monoisotopic (exact) mass is 610 g/mol. The van der Waals surface area contributed by atoms with Gasteiger partial charge in [0.1, 0.15) is 6.04 Å². The highest BCUT2D eigenvalue weighted by Crippen LogP contribution is 2.41. The van der Waals surface area contributed by atoms with Crippen molar-refractivity contribution >= 4 is 41.2 Å². The maximum absolute atomic E-state index is 14.5. The van der Waals surface area contributed by atoms with E-state index in [0.717, 1.165) is 12.0 Å². The zero-order valence-electron chi connectivity index (χ0n) is 21.8. The number of fused-ring (bicyclic) bond motifs is 1. The molecule has 0 fully saturated rings. The summed E-state index contributed by atoms with van der Waals surface area (Å²) >= 11 is 6.13. The van der Waals surface area contributed by atoms with Gasteiger partial charge in [0.15, 0.2) is 0 Å². The molecule has 14 heteroatoms. The normalized spacial score (nSPS) is 17.0. The number of aromatic nitrogens is 5. The lowest BCUT2D eigenvalue weighted by Gasteiger charge is -2.24. The van der Waals surface area contributed by atoms with Gasteiger partial charge < -0.3 is 15.6 Å². The molecule has 3 aromatic heterocycles. The van der Waals surface area contributed by atoms with Crippen molar-refractivity contribution < 1.29 is 27.8 Å². The highest BCUT2D eigenvalue weighted by atomic mass is 35.5. The van der Waals surface area contributed by atoms with Crippen LogP contribution in [0.2, 0.25) is 5.02 Å². The van der Waals surface area contributed by atoms with Crippen molar-refractivity contribution in [1.82, 2.24) is 24.1 Å². The fourth-order valence-electron chi connectivity index (χ4n) is 4.92. The predicted molar refractivity (Wildman–Crippen MR) is 149 cm³/mol. The fourth-order valence-corrected chi connectivity index (χ4v) is 5.08. The van der Waals surface area contributed by atoms with Crippen molar-refractivity contribution in [3.63, 3.8) is 0 Å². The molecule has 3 N–H and O–H groups in total. The molecule has 3 atom stereocenters. The third kappa shape index (κ3) is 6.50. The number of hydrogen-bond acceptors (Lipinski definition) is 6. The average Bonchev–Trinajstić information content (AvgIpc) is 3.54. The summed E-state index contributed by atoms with van der Waals surface area (Å²) in [5, 5.41) is 13.6. The van der Waals surface area contributed by atoms with Crippen molar-refractivity contribution in [3.8, 4) is 11.6 Å². The molecule has 3 heterocycles. The second-order valence-corrected chi connectivity index (χ2v) is 10.2. The van der Waals surface area contributed by atoms with Crippen LogP contribution in [-0.4, -0.2) is 47.4 Å². The molecule has 1 aliphatic rings. The Hall–Kier alpha value is -3.61. The molecule has 1 aromatic carbocycles. The standard InChI is InChI=1S/C27H26ClF3N6O3.ClH/c1-15-8-10-37(35-15)21-13-18(28)6-7-19(21)23(27(29,30)31)40-25-24-34-14-22(36(24)11-9-33-25)17-4-2-16(3-5-17)12-20(32)26(38)39;/h4,6-11,13-14,16,20,23H,2-3,5,12,32H2,1H3,(H,38,39);1H/t16?,20-,23+;/m0./s1. The second-order valence-electron chi connectivity index (χ2n) is 9.76. The molecule has 5 rings (SSSR count). The first-order chi connectivity index (χ1) is 19.0. The fraction of sp³-hybridized carbons (Fsp3) is 0.333. The molecule has 0 aliphatic heterocycles. The molecule has 41 heavy (non-hydrogen) atoms. The summed E-state index contributed by atoms with van der Waals surface area (Å²) in [5.41, 5.74) is 8.04. The van der Waals surface area contributed by atoms with E-state index < -0.39 is 24.3 Å². The molecule has 0 bridgehead atoms. The molecule has 1 unspecified atom stereocenters. The third-order valence-electron chi connectivity index (χ3n) is 6.92. The van der Waals surface area contributed by atoms with Crippen LogP contribution in [0.1, 0.15) is 48.7 Å². The van der Waals surface area contributed by atoms with E-state index in [2.05, 4.69) is 15.1 Å². The number of benzene rings is 1. The van der Waals surface area contributed by atoms with Gasteiger partial charge in [-0.1, -0.05) is 23.7 Å². The topological polar surface area (TPSA) is 121 Å². The van der Waals surface area contributed by atoms with Crippen LogP contribution in [0.25, 0.3) is 16.9 Å². The highest BCUT2D eigenvalue weighted by molar-refractivity contribution is 6.30. The third-order valence-corrected chi connectivity index (χ3v) is 7.15. The van der Waals surface area contributed by atoms with Gasteiger partial charge in [0, 0.05) is 29.2 Å². The van der Waals surface area contributed by atoms with E-state index in [4.69, 9.17) is 27.2 Å². The smallest absolute Gasteiger partial charge is 0.429 e. The minimum absolute atomic E-state index is 0. The number of nitrogens with two attached hydrogens (primary N) is 1. The van der Waals surface area contributed by atoms with E-state index in [9.17, 15) is 18.0 Å². The van der Waals surface area contributed by atoms with E-state index in [1.54, 1.807) is 36.0 Å². The van der Waals surface area contributed by atoms with Crippen molar-refractivity contribution in [1.29, 1.82) is 0 Å². The number of hydrogen-bond donors (Lipinski definition) is 2. The van der Waals surface area contributed by atoms with Gasteiger partial charge in [-0.05, 0) is 62.3 Å². The largest absolute Gasteiger partial charge is 0.480 e. The van der Waals surface area contributed by atoms with Crippen LogP contribution in [0.5, 0.6) is 5.88 Å². The molecular formula is C27H27Cl2F3N6O3. The predicted octanol–water partition coefficient (Wildman–Crippen LogP) is 5.97. The van der Waals surface area contributed by atoms with Crippen molar-refractivity contribution in [2.24, 2.45) is 11.7 Å². The van der Waals surface area contributed by atoms with Gasteiger partial charge in [-0.2, -0.15) is 18.3 Å².